The Hall–Kier alpha value is -2.98. The highest BCUT2D eigenvalue weighted by Crippen LogP contribution is 2.33. The number of para-hydroxylation sites is 1. The molecular formula is C22H24F2N2O5S. The topological polar surface area (TPSA) is 84.9 Å². The number of nitrogens with one attached hydrogen (secondary N) is 1. The van der Waals surface area contributed by atoms with Gasteiger partial charge in [-0.1, -0.05) is 24.6 Å². The lowest BCUT2D eigenvalue weighted by atomic mass is 10.1. The number of carbonyl (C=O) groups excluding carboxylic acids is 1. The second-order valence-corrected chi connectivity index (χ2v) is 9.01. The van der Waals surface area contributed by atoms with Crippen molar-refractivity contribution in [3.63, 3.8) is 0 Å². The van der Waals surface area contributed by atoms with Crippen molar-refractivity contribution in [3.05, 3.63) is 54.1 Å². The summed E-state index contributed by atoms with van der Waals surface area (Å²) in [6.45, 7) is -2.10. The van der Waals surface area contributed by atoms with Crippen LogP contribution in [0.1, 0.15) is 24.8 Å². The molecule has 0 bridgehead atoms. The Morgan fingerprint density at radius 3 is 2.53 bits per heavy atom. The summed E-state index contributed by atoms with van der Waals surface area (Å²) in [5, 5.41) is 2.59. The van der Waals surface area contributed by atoms with E-state index in [-0.39, 0.29) is 22.0 Å². The van der Waals surface area contributed by atoms with Crippen molar-refractivity contribution in [1.82, 2.24) is 4.31 Å². The van der Waals surface area contributed by atoms with Gasteiger partial charge in [-0.15, -0.1) is 0 Å². The average Bonchev–Trinajstić information content (AvgIpc) is 2.78. The van der Waals surface area contributed by atoms with Gasteiger partial charge >= 0.3 is 6.61 Å². The number of nitrogens with zero attached hydrogens (tertiary/aromatic N) is 1. The molecule has 0 atom stereocenters. The summed E-state index contributed by atoms with van der Waals surface area (Å²) in [6.07, 6.45) is 5.10. The standard InChI is InChI=1S/C22H24F2N2O5S/c1-30-19-10-5-7-16(21(19)31-22(23)24)11-12-20(27)25-17-8-6-9-18(15-17)32(28,29)26-13-3-2-4-14-26/h5-12,15,22H,2-4,13-14H2,1H3,(H,25,27)/b12-11+. The van der Waals surface area contributed by atoms with Crippen LogP contribution in [0.3, 0.4) is 0 Å². The number of carbonyl (C=O) groups is 1. The summed E-state index contributed by atoms with van der Waals surface area (Å²) >= 11 is 0. The van der Waals surface area contributed by atoms with Crippen LogP contribution in [0.4, 0.5) is 14.5 Å². The number of halogens is 2. The van der Waals surface area contributed by atoms with Crippen LogP contribution in [0.15, 0.2) is 53.4 Å². The number of alkyl halides is 2. The zero-order valence-corrected chi connectivity index (χ0v) is 18.3. The lowest BCUT2D eigenvalue weighted by Crippen LogP contribution is -2.35. The Morgan fingerprint density at radius 1 is 1.12 bits per heavy atom. The molecule has 2 aromatic carbocycles. The first-order valence-corrected chi connectivity index (χ1v) is 11.5. The summed E-state index contributed by atoms with van der Waals surface area (Å²) in [7, 11) is -2.32. The molecule has 0 spiro atoms. The predicted molar refractivity (Wildman–Crippen MR) is 116 cm³/mol. The van der Waals surface area contributed by atoms with E-state index in [1.165, 1.54) is 41.8 Å². The minimum atomic E-state index is -3.64. The zero-order chi connectivity index (χ0) is 23.1. The van der Waals surface area contributed by atoms with Gasteiger partial charge in [0.05, 0.1) is 12.0 Å². The largest absolute Gasteiger partial charge is 0.493 e. The lowest BCUT2D eigenvalue weighted by Gasteiger charge is -2.26. The fourth-order valence-corrected chi connectivity index (χ4v) is 4.94. The van der Waals surface area contributed by atoms with Gasteiger partial charge in [0.2, 0.25) is 15.9 Å². The first kappa shape index (κ1) is 23.7. The van der Waals surface area contributed by atoms with Crippen LogP contribution in [0.25, 0.3) is 6.08 Å². The number of hydrogen-bond donors (Lipinski definition) is 1. The second-order valence-electron chi connectivity index (χ2n) is 7.07. The molecule has 0 aliphatic carbocycles. The van der Waals surface area contributed by atoms with Gasteiger partial charge in [0.15, 0.2) is 11.5 Å². The molecule has 172 valence electrons. The van der Waals surface area contributed by atoms with Crippen LogP contribution < -0.4 is 14.8 Å². The predicted octanol–water partition coefficient (Wildman–Crippen LogP) is 4.12. The molecule has 0 saturated carbocycles. The van der Waals surface area contributed by atoms with Crippen molar-refractivity contribution in [2.75, 3.05) is 25.5 Å². The normalized spacial score (nSPS) is 15.1. The molecule has 1 aliphatic rings. The highest BCUT2D eigenvalue weighted by molar-refractivity contribution is 7.89. The SMILES string of the molecule is COc1cccc(/C=C/C(=O)Nc2cccc(S(=O)(=O)N3CCCCC3)c2)c1OC(F)F. The molecule has 1 N–H and O–H groups in total. The number of amides is 1. The van der Waals surface area contributed by atoms with Crippen molar-refractivity contribution in [2.24, 2.45) is 0 Å². The van der Waals surface area contributed by atoms with E-state index in [9.17, 15) is 22.0 Å². The molecule has 1 heterocycles. The Labute approximate surface area is 185 Å². The summed E-state index contributed by atoms with van der Waals surface area (Å²) in [6, 6.07) is 10.5. The third-order valence-corrected chi connectivity index (χ3v) is 6.80. The molecule has 3 rings (SSSR count). The Balaban J connectivity index is 1.75. The van der Waals surface area contributed by atoms with E-state index in [2.05, 4.69) is 10.1 Å². The number of hydrogen-bond acceptors (Lipinski definition) is 5. The summed E-state index contributed by atoms with van der Waals surface area (Å²) < 4.78 is 62.1. The van der Waals surface area contributed by atoms with E-state index >= 15 is 0 Å². The maximum absolute atomic E-state index is 12.8. The van der Waals surface area contributed by atoms with E-state index in [1.807, 2.05) is 0 Å². The number of piperidine rings is 1. The number of ether oxygens (including phenoxy) is 2. The molecule has 2 aromatic rings. The van der Waals surface area contributed by atoms with Crippen LogP contribution >= 0.6 is 0 Å². The van der Waals surface area contributed by atoms with Crippen molar-refractivity contribution in [2.45, 2.75) is 30.8 Å². The molecule has 0 radical (unpaired) electrons. The van der Waals surface area contributed by atoms with Gasteiger partial charge in [-0.2, -0.15) is 13.1 Å². The average molecular weight is 467 g/mol. The van der Waals surface area contributed by atoms with Crippen molar-refractivity contribution in [3.8, 4) is 11.5 Å². The number of methoxy groups -OCH3 is 1. The third-order valence-electron chi connectivity index (χ3n) is 4.90. The summed E-state index contributed by atoms with van der Waals surface area (Å²) in [5.41, 5.74) is 0.522. The summed E-state index contributed by atoms with van der Waals surface area (Å²) in [4.78, 5) is 12.5. The number of benzene rings is 2. The molecule has 1 amide bonds. The van der Waals surface area contributed by atoms with Crippen molar-refractivity contribution < 1.29 is 31.5 Å². The smallest absolute Gasteiger partial charge is 0.387 e. The minimum absolute atomic E-state index is 0.0987. The van der Waals surface area contributed by atoms with Crippen molar-refractivity contribution in [1.29, 1.82) is 0 Å². The Kier molecular flexibility index (Phi) is 7.81. The Bertz CT molecular complexity index is 1080. The molecule has 1 saturated heterocycles. The third kappa shape index (κ3) is 5.83. The highest BCUT2D eigenvalue weighted by atomic mass is 32.2. The minimum Gasteiger partial charge on any atom is -0.493 e. The van der Waals surface area contributed by atoms with Crippen LogP contribution in [0, 0.1) is 0 Å². The van der Waals surface area contributed by atoms with E-state index in [4.69, 9.17) is 4.74 Å². The maximum Gasteiger partial charge on any atom is 0.387 e. The van der Waals surface area contributed by atoms with Gasteiger partial charge in [-0.05, 0) is 43.2 Å². The quantitative estimate of drug-likeness (QED) is 0.592. The first-order valence-electron chi connectivity index (χ1n) is 10.0. The fourth-order valence-electron chi connectivity index (χ4n) is 3.38. The van der Waals surface area contributed by atoms with Gasteiger partial charge in [0.25, 0.3) is 0 Å². The van der Waals surface area contributed by atoms with Crippen LogP contribution in [0.5, 0.6) is 11.5 Å². The highest BCUT2D eigenvalue weighted by Gasteiger charge is 2.26. The van der Waals surface area contributed by atoms with E-state index < -0.39 is 22.5 Å². The van der Waals surface area contributed by atoms with Gasteiger partial charge in [-0.3, -0.25) is 4.79 Å². The molecule has 10 heteroatoms. The fraction of sp³-hybridized carbons (Fsp3) is 0.318. The number of sulfonamides is 1. The Morgan fingerprint density at radius 2 is 1.84 bits per heavy atom. The van der Waals surface area contributed by atoms with E-state index in [1.54, 1.807) is 18.2 Å². The van der Waals surface area contributed by atoms with Gasteiger partial charge < -0.3 is 14.8 Å². The number of rotatable bonds is 8. The first-order chi connectivity index (χ1) is 15.3. The molecule has 1 fully saturated rings. The van der Waals surface area contributed by atoms with Gasteiger partial charge in [-0.25, -0.2) is 8.42 Å². The summed E-state index contributed by atoms with van der Waals surface area (Å²) in [5.74, 6) is -0.657. The van der Waals surface area contributed by atoms with Crippen molar-refractivity contribution >= 4 is 27.7 Å². The maximum atomic E-state index is 12.8. The van der Waals surface area contributed by atoms with Gasteiger partial charge in [0.1, 0.15) is 0 Å². The second kappa shape index (κ2) is 10.6. The number of anilines is 1. The molecule has 0 aromatic heterocycles. The van der Waals surface area contributed by atoms with Crippen LogP contribution in [-0.2, 0) is 14.8 Å². The lowest BCUT2D eigenvalue weighted by molar-refractivity contribution is -0.111. The monoisotopic (exact) mass is 466 g/mol. The van der Waals surface area contributed by atoms with E-state index in [0.29, 0.717) is 18.8 Å². The molecular weight excluding hydrogens is 442 g/mol. The molecule has 32 heavy (non-hydrogen) atoms. The molecule has 0 unspecified atom stereocenters. The van der Waals surface area contributed by atoms with Crippen LogP contribution in [0.2, 0.25) is 0 Å². The molecule has 1 aliphatic heterocycles. The zero-order valence-electron chi connectivity index (χ0n) is 17.5. The van der Waals surface area contributed by atoms with Gasteiger partial charge in [0, 0.05) is 30.4 Å². The molecule has 7 nitrogen and oxygen atoms in total. The van der Waals surface area contributed by atoms with E-state index in [0.717, 1.165) is 25.3 Å². The van der Waals surface area contributed by atoms with Crippen LogP contribution in [-0.4, -0.2) is 45.4 Å².